The largest absolute Gasteiger partial charge is 0.383 e. The lowest BCUT2D eigenvalue weighted by atomic mass is 10.1. The number of hydrogen-bond donors (Lipinski definition) is 1. The van der Waals surface area contributed by atoms with Crippen molar-refractivity contribution < 1.29 is 4.74 Å². The molecule has 1 aromatic carbocycles. The minimum atomic E-state index is 0.608. The van der Waals surface area contributed by atoms with Crippen LogP contribution in [0, 0.1) is 0 Å². The lowest BCUT2D eigenvalue weighted by molar-refractivity contribution is 0.122. The summed E-state index contributed by atoms with van der Waals surface area (Å²) >= 11 is 7.84. The number of nitrogens with zero attached hydrogens (tertiary/aromatic N) is 2. The van der Waals surface area contributed by atoms with Gasteiger partial charge in [-0.1, -0.05) is 41.1 Å². The van der Waals surface area contributed by atoms with Crippen molar-refractivity contribution >= 4 is 33.9 Å². The van der Waals surface area contributed by atoms with Crippen LogP contribution >= 0.6 is 22.9 Å². The molecule has 6 heteroatoms. The van der Waals surface area contributed by atoms with E-state index in [4.69, 9.17) is 22.1 Å². The molecule has 3 rings (SSSR count). The lowest BCUT2D eigenvalue weighted by Gasteiger charge is -2.25. The van der Waals surface area contributed by atoms with Crippen LogP contribution in [0.5, 0.6) is 0 Å². The van der Waals surface area contributed by atoms with E-state index in [1.165, 1.54) is 0 Å². The van der Waals surface area contributed by atoms with E-state index in [1.54, 1.807) is 11.3 Å². The highest BCUT2D eigenvalue weighted by Gasteiger charge is 2.17. The average Bonchev–Trinajstić information content (AvgIpc) is 2.84. The van der Waals surface area contributed by atoms with Gasteiger partial charge in [0.25, 0.3) is 0 Å². The third-order valence-electron chi connectivity index (χ3n) is 3.31. The van der Waals surface area contributed by atoms with Gasteiger partial charge in [0, 0.05) is 24.5 Å². The number of aromatic nitrogens is 1. The molecule has 0 amide bonds. The molecule has 0 aliphatic carbocycles. The van der Waals surface area contributed by atoms with Crippen molar-refractivity contribution in [2.24, 2.45) is 0 Å². The van der Waals surface area contributed by atoms with Crippen molar-refractivity contribution in [3.8, 4) is 0 Å². The molecule has 0 spiro atoms. The fourth-order valence-corrected chi connectivity index (χ4v) is 3.44. The van der Waals surface area contributed by atoms with Crippen molar-refractivity contribution in [1.29, 1.82) is 0 Å². The Morgan fingerprint density at radius 2 is 2.05 bits per heavy atom. The SMILES string of the molecule is Nc1nc(N2CCOCC2)sc1Cc1ccccc1Cl. The summed E-state index contributed by atoms with van der Waals surface area (Å²) in [6.45, 7) is 3.25. The number of rotatable bonds is 3. The minimum Gasteiger partial charge on any atom is -0.383 e. The van der Waals surface area contributed by atoms with Crippen molar-refractivity contribution in [2.45, 2.75) is 6.42 Å². The van der Waals surface area contributed by atoms with Gasteiger partial charge in [0.15, 0.2) is 5.13 Å². The molecule has 2 heterocycles. The van der Waals surface area contributed by atoms with E-state index < -0.39 is 0 Å². The Morgan fingerprint density at radius 3 is 2.80 bits per heavy atom. The van der Waals surface area contributed by atoms with Crippen LogP contribution in [0.1, 0.15) is 10.4 Å². The normalized spacial score (nSPS) is 15.6. The third-order valence-corrected chi connectivity index (χ3v) is 4.81. The smallest absolute Gasteiger partial charge is 0.187 e. The molecular weight excluding hydrogens is 294 g/mol. The van der Waals surface area contributed by atoms with Crippen molar-refractivity contribution in [1.82, 2.24) is 4.98 Å². The van der Waals surface area contributed by atoms with Gasteiger partial charge in [0.05, 0.1) is 18.1 Å². The molecule has 4 nitrogen and oxygen atoms in total. The highest BCUT2D eigenvalue weighted by atomic mass is 35.5. The van der Waals surface area contributed by atoms with E-state index in [-0.39, 0.29) is 0 Å². The Balaban J connectivity index is 1.80. The highest BCUT2D eigenvalue weighted by molar-refractivity contribution is 7.16. The van der Waals surface area contributed by atoms with E-state index in [1.807, 2.05) is 24.3 Å². The Hall–Kier alpha value is -1.30. The van der Waals surface area contributed by atoms with Gasteiger partial charge in [0.1, 0.15) is 5.82 Å². The summed E-state index contributed by atoms with van der Waals surface area (Å²) in [7, 11) is 0. The quantitative estimate of drug-likeness (QED) is 0.947. The summed E-state index contributed by atoms with van der Waals surface area (Å²) in [5, 5.41) is 1.75. The summed E-state index contributed by atoms with van der Waals surface area (Å²) in [5.74, 6) is 0.608. The van der Waals surface area contributed by atoms with Gasteiger partial charge in [0.2, 0.25) is 0 Å². The number of anilines is 2. The first-order valence-electron chi connectivity index (χ1n) is 6.55. The molecule has 2 N–H and O–H groups in total. The summed E-state index contributed by atoms with van der Waals surface area (Å²) in [6.07, 6.45) is 0.730. The topological polar surface area (TPSA) is 51.4 Å². The molecule has 0 unspecified atom stereocenters. The zero-order valence-corrected chi connectivity index (χ0v) is 12.6. The predicted octanol–water partition coefficient (Wildman–Crippen LogP) is 2.81. The maximum Gasteiger partial charge on any atom is 0.187 e. The van der Waals surface area contributed by atoms with Crippen molar-refractivity contribution in [2.75, 3.05) is 36.9 Å². The van der Waals surface area contributed by atoms with E-state index in [9.17, 15) is 0 Å². The number of ether oxygens (including phenoxy) is 1. The lowest BCUT2D eigenvalue weighted by Crippen LogP contribution is -2.36. The monoisotopic (exact) mass is 309 g/mol. The van der Waals surface area contributed by atoms with Gasteiger partial charge in [-0.2, -0.15) is 0 Å². The number of halogens is 1. The Labute approximate surface area is 127 Å². The fourth-order valence-electron chi connectivity index (χ4n) is 2.18. The van der Waals surface area contributed by atoms with Gasteiger partial charge in [-0.3, -0.25) is 0 Å². The Kier molecular flexibility index (Phi) is 4.10. The first kappa shape index (κ1) is 13.7. The molecule has 2 aromatic rings. The minimum absolute atomic E-state index is 0.608. The van der Waals surface area contributed by atoms with E-state index in [2.05, 4.69) is 9.88 Å². The molecule has 0 atom stereocenters. The van der Waals surface area contributed by atoms with E-state index >= 15 is 0 Å². The molecule has 1 fully saturated rings. The first-order valence-corrected chi connectivity index (χ1v) is 7.75. The molecule has 0 bridgehead atoms. The second-order valence-electron chi connectivity index (χ2n) is 4.67. The second kappa shape index (κ2) is 5.99. The third kappa shape index (κ3) is 2.90. The molecule has 106 valence electrons. The summed E-state index contributed by atoms with van der Waals surface area (Å²) in [4.78, 5) is 7.78. The van der Waals surface area contributed by atoms with Crippen LogP contribution in [0.2, 0.25) is 5.02 Å². The molecular formula is C14H16ClN3OS. The Morgan fingerprint density at radius 1 is 1.30 bits per heavy atom. The predicted molar refractivity (Wildman–Crippen MR) is 83.8 cm³/mol. The zero-order chi connectivity index (χ0) is 13.9. The molecule has 1 aliphatic heterocycles. The number of nitrogen functional groups attached to an aromatic ring is 1. The van der Waals surface area contributed by atoms with E-state index in [0.29, 0.717) is 5.82 Å². The molecule has 1 aliphatic rings. The maximum atomic E-state index is 6.20. The van der Waals surface area contributed by atoms with Crippen molar-refractivity contribution in [3.05, 3.63) is 39.7 Å². The van der Waals surface area contributed by atoms with Crippen LogP contribution in [0.4, 0.5) is 10.9 Å². The van der Waals surface area contributed by atoms with Crippen LogP contribution in [0.3, 0.4) is 0 Å². The number of benzene rings is 1. The first-order chi connectivity index (χ1) is 9.74. The van der Waals surface area contributed by atoms with Crippen LogP contribution in [-0.4, -0.2) is 31.3 Å². The van der Waals surface area contributed by atoms with E-state index in [0.717, 1.165) is 53.3 Å². The maximum absolute atomic E-state index is 6.20. The molecule has 1 aromatic heterocycles. The summed E-state index contributed by atoms with van der Waals surface area (Å²) in [5.41, 5.74) is 7.13. The van der Waals surface area contributed by atoms with Gasteiger partial charge in [-0.25, -0.2) is 4.98 Å². The van der Waals surface area contributed by atoms with Crippen LogP contribution in [0.25, 0.3) is 0 Å². The fraction of sp³-hybridized carbons (Fsp3) is 0.357. The molecule has 1 saturated heterocycles. The van der Waals surface area contributed by atoms with Crippen molar-refractivity contribution in [3.63, 3.8) is 0 Å². The number of thiazole rings is 1. The zero-order valence-electron chi connectivity index (χ0n) is 11.0. The summed E-state index contributed by atoms with van der Waals surface area (Å²) < 4.78 is 5.36. The number of morpholine rings is 1. The average molecular weight is 310 g/mol. The van der Waals surface area contributed by atoms with Gasteiger partial charge < -0.3 is 15.4 Å². The molecule has 0 saturated carbocycles. The number of nitrogens with two attached hydrogens (primary N) is 1. The van der Waals surface area contributed by atoms with Gasteiger partial charge in [-0.05, 0) is 11.6 Å². The van der Waals surface area contributed by atoms with Crippen LogP contribution in [-0.2, 0) is 11.2 Å². The summed E-state index contributed by atoms with van der Waals surface area (Å²) in [6, 6.07) is 7.84. The standard InChI is InChI=1S/C14H16ClN3OS/c15-11-4-2-1-3-10(11)9-12-13(16)17-14(20-12)18-5-7-19-8-6-18/h1-4H,5-9,16H2. The number of hydrogen-bond acceptors (Lipinski definition) is 5. The van der Waals surface area contributed by atoms with Crippen LogP contribution in [0.15, 0.2) is 24.3 Å². The molecule has 0 radical (unpaired) electrons. The Bertz CT molecular complexity index is 596. The van der Waals surface area contributed by atoms with Crippen LogP contribution < -0.4 is 10.6 Å². The van der Waals surface area contributed by atoms with Gasteiger partial charge >= 0.3 is 0 Å². The van der Waals surface area contributed by atoms with Gasteiger partial charge in [-0.15, -0.1) is 0 Å². The molecule has 20 heavy (non-hydrogen) atoms. The highest BCUT2D eigenvalue weighted by Crippen LogP contribution is 2.31. The second-order valence-corrected chi connectivity index (χ2v) is 6.14.